The van der Waals surface area contributed by atoms with E-state index < -0.39 is 0 Å². The van der Waals surface area contributed by atoms with Gasteiger partial charge < -0.3 is 4.74 Å². The van der Waals surface area contributed by atoms with Gasteiger partial charge in [0.25, 0.3) is 0 Å². The van der Waals surface area contributed by atoms with E-state index in [1.165, 1.54) is 18.4 Å². The van der Waals surface area contributed by atoms with E-state index >= 15 is 0 Å². The standard InChI is InChI=1S/C17H24N2O/c1-12(2)14-5-4-13(3)17(10-14)20-9-8-16(11-18)19-15-6-7-15/h4-5,10,12,15-16,19H,6-9H2,1-3H3. The summed E-state index contributed by atoms with van der Waals surface area (Å²) >= 11 is 0. The van der Waals surface area contributed by atoms with Crippen LogP contribution in [0.25, 0.3) is 0 Å². The summed E-state index contributed by atoms with van der Waals surface area (Å²) in [6.07, 6.45) is 3.14. The van der Waals surface area contributed by atoms with E-state index in [-0.39, 0.29) is 6.04 Å². The third-order valence-electron chi connectivity index (χ3n) is 3.71. The lowest BCUT2D eigenvalue weighted by Crippen LogP contribution is -2.31. The van der Waals surface area contributed by atoms with Gasteiger partial charge in [0, 0.05) is 12.5 Å². The van der Waals surface area contributed by atoms with Crippen LogP contribution in [0.2, 0.25) is 0 Å². The Bertz CT molecular complexity index is 486. The number of hydrogen-bond acceptors (Lipinski definition) is 3. The molecule has 0 heterocycles. The van der Waals surface area contributed by atoms with Crippen LogP contribution in [0, 0.1) is 18.3 Å². The number of rotatable bonds is 7. The van der Waals surface area contributed by atoms with Gasteiger partial charge in [0.2, 0.25) is 0 Å². The van der Waals surface area contributed by atoms with Crippen molar-refractivity contribution in [3.63, 3.8) is 0 Å². The van der Waals surface area contributed by atoms with Crippen molar-refractivity contribution < 1.29 is 4.74 Å². The van der Waals surface area contributed by atoms with Gasteiger partial charge in [0.1, 0.15) is 5.75 Å². The van der Waals surface area contributed by atoms with Crippen molar-refractivity contribution in [3.8, 4) is 11.8 Å². The number of nitrogens with zero attached hydrogens (tertiary/aromatic N) is 1. The van der Waals surface area contributed by atoms with Crippen LogP contribution in [-0.4, -0.2) is 18.7 Å². The maximum absolute atomic E-state index is 9.10. The van der Waals surface area contributed by atoms with Crippen LogP contribution >= 0.6 is 0 Å². The van der Waals surface area contributed by atoms with Gasteiger partial charge in [0.05, 0.1) is 18.7 Å². The highest BCUT2D eigenvalue weighted by molar-refractivity contribution is 5.37. The molecule has 1 atom stereocenters. The first kappa shape index (κ1) is 14.9. The van der Waals surface area contributed by atoms with Gasteiger partial charge in [0.15, 0.2) is 0 Å². The van der Waals surface area contributed by atoms with Crippen LogP contribution in [0.4, 0.5) is 0 Å². The van der Waals surface area contributed by atoms with Crippen molar-refractivity contribution in [2.24, 2.45) is 0 Å². The summed E-state index contributed by atoms with van der Waals surface area (Å²) in [6, 6.07) is 9.17. The largest absolute Gasteiger partial charge is 0.493 e. The van der Waals surface area contributed by atoms with Crippen LogP contribution < -0.4 is 10.1 Å². The minimum Gasteiger partial charge on any atom is -0.493 e. The highest BCUT2D eigenvalue weighted by Crippen LogP contribution is 2.24. The zero-order valence-corrected chi connectivity index (χ0v) is 12.6. The quantitative estimate of drug-likeness (QED) is 0.826. The third-order valence-corrected chi connectivity index (χ3v) is 3.71. The molecule has 1 unspecified atom stereocenters. The fourth-order valence-corrected chi connectivity index (χ4v) is 2.14. The van der Waals surface area contributed by atoms with Gasteiger partial charge >= 0.3 is 0 Å². The first-order valence-corrected chi connectivity index (χ1v) is 7.49. The molecule has 0 radical (unpaired) electrons. The van der Waals surface area contributed by atoms with Crippen molar-refractivity contribution in [1.29, 1.82) is 5.26 Å². The Morgan fingerprint density at radius 2 is 2.15 bits per heavy atom. The predicted molar refractivity (Wildman–Crippen MR) is 80.9 cm³/mol. The van der Waals surface area contributed by atoms with E-state index in [1.54, 1.807) is 0 Å². The molecule has 3 heteroatoms. The molecule has 0 amide bonds. The first-order valence-electron chi connectivity index (χ1n) is 7.49. The second kappa shape index (κ2) is 6.76. The fourth-order valence-electron chi connectivity index (χ4n) is 2.14. The molecule has 0 saturated heterocycles. The Labute approximate surface area is 121 Å². The zero-order chi connectivity index (χ0) is 14.5. The summed E-state index contributed by atoms with van der Waals surface area (Å²) in [5.74, 6) is 1.45. The summed E-state index contributed by atoms with van der Waals surface area (Å²) < 4.78 is 5.87. The fraction of sp³-hybridized carbons (Fsp3) is 0.588. The minimum absolute atomic E-state index is 0.0870. The Morgan fingerprint density at radius 1 is 1.40 bits per heavy atom. The predicted octanol–water partition coefficient (Wildman–Crippen LogP) is 3.53. The number of nitriles is 1. The van der Waals surface area contributed by atoms with Crippen molar-refractivity contribution in [3.05, 3.63) is 29.3 Å². The molecule has 1 aromatic carbocycles. The number of hydrogen-bond donors (Lipinski definition) is 1. The summed E-state index contributed by atoms with van der Waals surface area (Å²) in [4.78, 5) is 0. The molecule has 20 heavy (non-hydrogen) atoms. The maximum Gasteiger partial charge on any atom is 0.122 e. The summed E-state index contributed by atoms with van der Waals surface area (Å²) in [5, 5.41) is 12.4. The van der Waals surface area contributed by atoms with Gasteiger partial charge in [-0.15, -0.1) is 0 Å². The number of ether oxygens (including phenoxy) is 1. The van der Waals surface area contributed by atoms with Gasteiger partial charge in [-0.3, -0.25) is 5.32 Å². The van der Waals surface area contributed by atoms with Crippen molar-refractivity contribution in [2.75, 3.05) is 6.61 Å². The van der Waals surface area contributed by atoms with Crippen LogP contribution in [0.15, 0.2) is 18.2 Å². The van der Waals surface area contributed by atoms with Crippen molar-refractivity contribution in [1.82, 2.24) is 5.32 Å². The molecule has 1 aliphatic rings. The lowest BCUT2D eigenvalue weighted by atomic mass is 10.0. The van der Waals surface area contributed by atoms with E-state index in [0.717, 1.165) is 17.7 Å². The van der Waals surface area contributed by atoms with E-state index in [2.05, 4.69) is 50.4 Å². The lowest BCUT2D eigenvalue weighted by Gasteiger charge is -2.15. The average Bonchev–Trinajstić information content (AvgIpc) is 3.23. The molecular weight excluding hydrogens is 248 g/mol. The molecule has 1 fully saturated rings. The van der Waals surface area contributed by atoms with Gasteiger partial charge in [-0.05, 0) is 42.9 Å². The highest BCUT2D eigenvalue weighted by atomic mass is 16.5. The molecule has 3 nitrogen and oxygen atoms in total. The smallest absolute Gasteiger partial charge is 0.122 e. The Morgan fingerprint density at radius 3 is 2.75 bits per heavy atom. The number of benzene rings is 1. The monoisotopic (exact) mass is 272 g/mol. The van der Waals surface area contributed by atoms with Crippen molar-refractivity contribution >= 4 is 0 Å². The molecule has 1 saturated carbocycles. The Hall–Kier alpha value is -1.53. The SMILES string of the molecule is Cc1ccc(C(C)C)cc1OCCC(C#N)NC1CC1. The summed E-state index contributed by atoms with van der Waals surface area (Å²) in [7, 11) is 0. The zero-order valence-electron chi connectivity index (χ0n) is 12.6. The second-order valence-electron chi connectivity index (χ2n) is 5.94. The van der Waals surface area contributed by atoms with Crippen molar-refractivity contribution in [2.45, 2.75) is 58.0 Å². The molecular formula is C17H24N2O. The van der Waals surface area contributed by atoms with E-state index in [0.29, 0.717) is 18.6 Å². The lowest BCUT2D eigenvalue weighted by molar-refractivity contribution is 0.295. The first-order chi connectivity index (χ1) is 9.60. The van der Waals surface area contributed by atoms with Gasteiger partial charge in [-0.25, -0.2) is 0 Å². The number of aryl methyl sites for hydroxylation is 1. The normalized spacial score (nSPS) is 15.9. The molecule has 0 aromatic heterocycles. The van der Waals surface area contributed by atoms with Crippen LogP contribution in [0.3, 0.4) is 0 Å². The maximum atomic E-state index is 9.10. The minimum atomic E-state index is -0.0870. The average molecular weight is 272 g/mol. The molecule has 0 aliphatic heterocycles. The molecule has 0 bridgehead atoms. The highest BCUT2D eigenvalue weighted by Gasteiger charge is 2.24. The Balaban J connectivity index is 1.86. The second-order valence-corrected chi connectivity index (χ2v) is 5.94. The van der Waals surface area contributed by atoms with Crippen LogP contribution in [0.5, 0.6) is 5.75 Å². The van der Waals surface area contributed by atoms with Crippen LogP contribution in [0.1, 0.15) is 50.2 Å². The summed E-state index contributed by atoms with van der Waals surface area (Å²) in [5.41, 5.74) is 2.44. The number of nitrogens with one attached hydrogen (secondary N) is 1. The molecule has 0 spiro atoms. The van der Waals surface area contributed by atoms with Crippen LogP contribution in [-0.2, 0) is 0 Å². The molecule has 108 valence electrons. The van der Waals surface area contributed by atoms with E-state index in [1.807, 2.05) is 0 Å². The Kier molecular flexibility index (Phi) is 5.03. The molecule has 2 rings (SSSR count). The summed E-state index contributed by atoms with van der Waals surface area (Å²) in [6.45, 7) is 7.00. The van der Waals surface area contributed by atoms with Gasteiger partial charge in [-0.2, -0.15) is 5.26 Å². The topological polar surface area (TPSA) is 45.0 Å². The molecule has 1 aliphatic carbocycles. The van der Waals surface area contributed by atoms with Gasteiger partial charge in [-0.1, -0.05) is 26.0 Å². The molecule has 1 N–H and O–H groups in total. The molecule has 1 aromatic rings. The van der Waals surface area contributed by atoms with E-state index in [9.17, 15) is 0 Å². The third kappa shape index (κ3) is 4.25. The van der Waals surface area contributed by atoms with E-state index in [4.69, 9.17) is 10.00 Å².